The van der Waals surface area contributed by atoms with Crippen molar-refractivity contribution in [2.45, 2.75) is 39.7 Å². The fourth-order valence-corrected chi connectivity index (χ4v) is 1.91. The Balaban J connectivity index is 2.41. The lowest BCUT2D eigenvalue weighted by Crippen LogP contribution is -2.15. The fraction of sp³-hybridized carbons (Fsp3) is 0.833. The smallest absolute Gasteiger partial charge is 0.226 e. The van der Waals surface area contributed by atoms with Crippen molar-refractivity contribution in [3.05, 3.63) is 11.7 Å². The Bertz CT molecular complexity index is 312. The van der Waals surface area contributed by atoms with Crippen LogP contribution >= 0.6 is 0 Å². The Kier molecular flexibility index (Phi) is 6.15. The van der Waals surface area contributed by atoms with Crippen LogP contribution < -0.4 is 5.73 Å². The van der Waals surface area contributed by atoms with Crippen LogP contribution in [0.4, 0.5) is 0 Å². The minimum absolute atomic E-state index is 0.403. The number of aromatic nitrogens is 2. The van der Waals surface area contributed by atoms with Gasteiger partial charge in [-0.3, -0.25) is 0 Å². The Morgan fingerprint density at radius 1 is 1.35 bits per heavy atom. The molecule has 0 saturated carbocycles. The number of methoxy groups -OCH3 is 1. The van der Waals surface area contributed by atoms with Gasteiger partial charge in [0.15, 0.2) is 5.82 Å². The molecule has 0 bridgehead atoms. The zero-order chi connectivity index (χ0) is 12.7. The van der Waals surface area contributed by atoms with Gasteiger partial charge < -0.3 is 15.0 Å². The van der Waals surface area contributed by atoms with Crippen LogP contribution in [0.25, 0.3) is 0 Å². The lowest BCUT2D eigenvalue weighted by atomic mass is 9.88. The van der Waals surface area contributed by atoms with Crippen molar-refractivity contribution in [2.75, 3.05) is 13.7 Å². The molecule has 0 aromatic carbocycles. The predicted octanol–water partition coefficient (Wildman–Crippen LogP) is 1.77. The molecule has 0 aliphatic carbocycles. The number of nitrogens with zero attached hydrogens (tertiary/aromatic N) is 2. The molecule has 1 atom stereocenters. The zero-order valence-corrected chi connectivity index (χ0v) is 11.0. The van der Waals surface area contributed by atoms with Crippen LogP contribution in [0, 0.1) is 11.8 Å². The maximum atomic E-state index is 5.61. The SMILES string of the molecule is COCc1noc(CCC(CCN)C(C)C)n1. The van der Waals surface area contributed by atoms with Gasteiger partial charge in [-0.1, -0.05) is 19.0 Å². The summed E-state index contributed by atoms with van der Waals surface area (Å²) in [5, 5.41) is 3.84. The average Bonchev–Trinajstić information content (AvgIpc) is 2.72. The maximum absolute atomic E-state index is 5.61. The second kappa shape index (κ2) is 7.40. The molecule has 0 fully saturated rings. The van der Waals surface area contributed by atoms with Gasteiger partial charge in [-0.05, 0) is 31.2 Å². The summed E-state index contributed by atoms with van der Waals surface area (Å²) in [7, 11) is 1.62. The normalized spacial score (nSPS) is 13.2. The molecule has 1 heterocycles. The number of hydrogen-bond acceptors (Lipinski definition) is 5. The summed E-state index contributed by atoms with van der Waals surface area (Å²) >= 11 is 0. The first-order chi connectivity index (χ1) is 8.17. The minimum Gasteiger partial charge on any atom is -0.377 e. The second-order valence-electron chi connectivity index (χ2n) is 4.66. The van der Waals surface area contributed by atoms with Crippen molar-refractivity contribution >= 4 is 0 Å². The quantitative estimate of drug-likeness (QED) is 0.750. The molecule has 0 radical (unpaired) electrons. The first kappa shape index (κ1) is 14.1. The maximum Gasteiger partial charge on any atom is 0.226 e. The summed E-state index contributed by atoms with van der Waals surface area (Å²) < 4.78 is 10.1. The molecule has 0 spiro atoms. The van der Waals surface area contributed by atoms with E-state index in [9.17, 15) is 0 Å². The summed E-state index contributed by atoms with van der Waals surface area (Å²) in [6.07, 6.45) is 2.92. The highest BCUT2D eigenvalue weighted by atomic mass is 16.5. The first-order valence-corrected chi connectivity index (χ1v) is 6.17. The summed E-state index contributed by atoms with van der Waals surface area (Å²) in [6.45, 7) is 5.59. The predicted molar refractivity (Wildman–Crippen MR) is 65.3 cm³/mol. The van der Waals surface area contributed by atoms with E-state index in [2.05, 4.69) is 24.0 Å². The van der Waals surface area contributed by atoms with Crippen LogP contribution in [0.5, 0.6) is 0 Å². The van der Waals surface area contributed by atoms with E-state index >= 15 is 0 Å². The average molecular weight is 241 g/mol. The number of ether oxygens (including phenoxy) is 1. The molecule has 1 unspecified atom stereocenters. The van der Waals surface area contributed by atoms with Gasteiger partial charge in [-0.15, -0.1) is 0 Å². The number of aryl methyl sites for hydroxylation is 1. The summed E-state index contributed by atoms with van der Waals surface area (Å²) in [5.74, 6) is 2.57. The van der Waals surface area contributed by atoms with E-state index in [1.54, 1.807) is 7.11 Å². The highest BCUT2D eigenvalue weighted by Crippen LogP contribution is 2.20. The van der Waals surface area contributed by atoms with Crippen LogP contribution in [0.3, 0.4) is 0 Å². The molecular weight excluding hydrogens is 218 g/mol. The van der Waals surface area contributed by atoms with Crippen molar-refractivity contribution < 1.29 is 9.26 Å². The molecule has 0 amide bonds. The van der Waals surface area contributed by atoms with Crippen LogP contribution in [-0.2, 0) is 17.8 Å². The summed E-state index contributed by atoms with van der Waals surface area (Å²) in [6, 6.07) is 0. The van der Waals surface area contributed by atoms with Crippen LogP contribution in [0.1, 0.15) is 38.4 Å². The number of hydrogen-bond donors (Lipinski definition) is 1. The summed E-state index contributed by atoms with van der Waals surface area (Å²) in [5.41, 5.74) is 5.61. The largest absolute Gasteiger partial charge is 0.377 e. The van der Waals surface area contributed by atoms with Crippen molar-refractivity contribution in [3.63, 3.8) is 0 Å². The van der Waals surface area contributed by atoms with E-state index in [0.29, 0.717) is 30.2 Å². The topological polar surface area (TPSA) is 74.2 Å². The molecular formula is C12H23N3O2. The van der Waals surface area contributed by atoms with Gasteiger partial charge in [0.05, 0.1) is 0 Å². The highest BCUT2D eigenvalue weighted by Gasteiger charge is 2.14. The first-order valence-electron chi connectivity index (χ1n) is 6.17. The van der Waals surface area contributed by atoms with Gasteiger partial charge in [0, 0.05) is 13.5 Å². The van der Waals surface area contributed by atoms with Gasteiger partial charge in [0.1, 0.15) is 6.61 Å². The molecule has 98 valence electrons. The van der Waals surface area contributed by atoms with Gasteiger partial charge in [-0.2, -0.15) is 4.98 Å². The second-order valence-corrected chi connectivity index (χ2v) is 4.66. The fourth-order valence-electron chi connectivity index (χ4n) is 1.91. The Labute approximate surface area is 103 Å². The molecule has 0 aliphatic rings. The van der Waals surface area contributed by atoms with E-state index in [1.165, 1.54) is 0 Å². The molecule has 1 rings (SSSR count). The van der Waals surface area contributed by atoms with Crippen LogP contribution in [0.2, 0.25) is 0 Å². The lowest BCUT2D eigenvalue weighted by Gasteiger charge is -2.18. The van der Waals surface area contributed by atoms with Crippen molar-refractivity contribution in [3.8, 4) is 0 Å². The van der Waals surface area contributed by atoms with Gasteiger partial charge in [-0.25, -0.2) is 0 Å². The third-order valence-corrected chi connectivity index (χ3v) is 2.99. The Hall–Kier alpha value is -0.940. The van der Waals surface area contributed by atoms with Gasteiger partial charge in [0.2, 0.25) is 5.89 Å². The third kappa shape index (κ3) is 4.83. The van der Waals surface area contributed by atoms with Crippen LogP contribution in [-0.4, -0.2) is 23.8 Å². The van der Waals surface area contributed by atoms with Gasteiger partial charge in [0.25, 0.3) is 0 Å². The number of nitrogens with two attached hydrogens (primary N) is 1. The monoisotopic (exact) mass is 241 g/mol. The Morgan fingerprint density at radius 3 is 2.71 bits per heavy atom. The minimum atomic E-state index is 0.403. The van der Waals surface area contributed by atoms with E-state index in [4.69, 9.17) is 15.0 Å². The molecule has 0 aliphatic heterocycles. The van der Waals surface area contributed by atoms with Crippen molar-refractivity contribution in [2.24, 2.45) is 17.6 Å². The van der Waals surface area contributed by atoms with E-state index < -0.39 is 0 Å². The van der Waals surface area contributed by atoms with E-state index in [1.807, 2.05) is 0 Å². The van der Waals surface area contributed by atoms with Crippen LogP contribution in [0.15, 0.2) is 4.52 Å². The summed E-state index contributed by atoms with van der Waals surface area (Å²) in [4.78, 5) is 4.26. The molecule has 0 saturated heterocycles. The molecule has 1 aromatic heterocycles. The standard InChI is InChI=1S/C12H23N3O2/c1-9(2)10(6-7-13)4-5-12-14-11(8-16-3)15-17-12/h9-10H,4-8,13H2,1-3H3. The molecule has 17 heavy (non-hydrogen) atoms. The molecule has 1 aromatic rings. The van der Waals surface area contributed by atoms with Gasteiger partial charge >= 0.3 is 0 Å². The van der Waals surface area contributed by atoms with E-state index in [0.717, 1.165) is 25.8 Å². The highest BCUT2D eigenvalue weighted by molar-refractivity contribution is 4.85. The lowest BCUT2D eigenvalue weighted by molar-refractivity contribution is 0.174. The number of rotatable bonds is 8. The molecule has 2 N–H and O–H groups in total. The van der Waals surface area contributed by atoms with Crippen molar-refractivity contribution in [1.29, 1.82) is 0 Å². The zero-order valence-electron chi connectivity index (χ0n) is 11.0. The Morgan fingerprint density at radius 2 is 2.12 bits per heavy atom. The molecule has 5 nitrogen and oxygen atoms in total. The third-order valence-electron chi connectivity index (χ3n) is 2.99. The molecule has 5 heteroatoms. The van der Waals surface area contributed by atoms with E-state index in [-0.39, 0.29) is 0 Å². The van der Waals surface area contributed by atoms with Crippen molar-refractivity contribution in [1.82, 2.24) is 10.1 Å².